The molecule has 29 heavy (non-hydrogen) atoms. The molecule has 1 atom stereocenters. The van der Waals surface area contributed by atoms with E-state index in [9.17, 15) is 9.59 Å². The van der Waals surface area contributed by atoms with Crippen LogP contribution in [0.4, 0.5) is 0 Å². The minimum atomic E-state index is -1.26. The third-order valence-corrected chi connectivity index (χ3v) is 4.83. The smallest absolute Gasteiger partial charge is 0.328 e. The topological polar surface area (TPSA) is 77.8 Å². The van der Waals surface area contributed by atoms with E-state index in [1.54, 1.807) is 0 Å². The minimum Gasteiger partial charge on any atom is -0.478 e. The van der Waals surface area contributed by atoms with Crippen molar-refractivity contribution in [3.8, 4) is 0 Å². The average Bonchev–Trinajstić information content (AvgIpc) is 2.81. The quantitative estimate of drug-likeness (QED) is 0.750. The summed E-state index contributed by atoms with van der Waals surface area (Å²) in [5.74, 6) is -1.94. The summed E-state index contributed by atoms with van der Waals surface area (Å²) in [7, 11) is 4.30. The molecule has 0 aromatic heterocycles. The molecule has 1 unspecified atom stereocenters. The number of nitrogens with zero attached hydrogens (tertiary/aromatic N) is 1. The van der Waals surface area contributed by atoms with Gasteiger partial charge in [-0.05, 0) is 67.2 Å². The van der Waals surface area contributed by atoms with Gasteiger partial charge >= 0.3 is 11.9 Å². The Morgan fingerprint density at radius 3 is 2.14 bits per heavy atom. The van der Waals surface area contributed by atoms with Gasteiger partial charge in [-0.2, -0.15) is 0 Å². The number of carboxylic acids is 2. The van der Waals surface area contributed by atoms with E-state index >= 15 is 0 Å². The molecular weight excluding hydrogens is 366 g/mol. The van der Waals surface area contributed by atoms with Crippen molar-refractivity contribution in [2.45, 2.75) is 18.8 Å². The highest BCUT2D eigenvalue weighted by molar-refractivity contribution is 5.89. The van der Waals surface area contributed by atoms with Gasteiger partial charge in [-0.25, -0.2) is 9.59 Å². The van der Waals surface area contributed by atoms with Gasteiger partial charge in [-0.3, -0.25) is 0 Å². The maximum atomic E-state index is 9.55. The van der Waals surface area contributed by atoms with Crippen molar-refractivity contribution in [2.24, 2.45) is 0 Å². The first-order valence-electron chi connectivity index (χ1n) is 9.44. The van der Waals surface area contributed by atoms with E-state index in [4.69, 9.17) is 10.2 Å². The zero-order valence-electron chi connectivity index (χ0n) is 16.8. The second-order valence-electron chi connectivity index (χ2n) is 7.23. The number of hydrogen-bond acceptors (Lipinski definition) is 3. The summed E-state index contributed by atoms with van der Waals surface area (Å²) in [4.78, 5) is 21.4. The van der Waals surface area contributed by atoms with Crippen LogP contribution in [-0.4, -0.2) is 47.7 Å². The molecule has 5 heteroatoms. The molecule has 0 saturated heterocycles. The summed E-state index contributed by atoms with van der Waals surface area (Å²) < 4.78 is 0. The molecule has 3 rings (SSSR count). The van der Waals surface area contributed by atoms with Crippen molar-refractivity contribution in [2.75, 3.05) is 20.6 Å². The van der Waals surface area contributed by atoms with Gasteiger partial charge in [0.05, 0.1) is 0 Å². The molecule has 1 aliphatic rings. The first-order valence-corrected chi connectivity index (χ1v) is 9.44. The molecule has 2 aromatic carbocycles. The third kappa shape index (κ3) is 6.43. The van der Waals surface area contributed by atoms with Gasteiger partial charge < -0.3 is 15.1 Å². The Morgan fingerprint density at radius 2 is 1.55 bits per heavy atom. The molecule has 0 bridgehead atoms. The molecule has 0 radical (unpaired) electrons. The summed E-state index contributed by atoms with van der Waals surface area (Å²) in [5, 5.41) is 15.6. The fourth-order valence-corrected chi connectivity index (χ4v) is 3.46. The molecule has 0 aliphatic heterocycles. The van der Waals surface area contributed by atoms with Gasteiger partial charge in [0, 0.05) is 12.2 Å². The number of benzene rings is 2. The van der Waals surface area contributed by atoms with Crippen molar-refractivity contribution >= 4 is 17.5 Å². The Hall–Kier alpha value is -3.18. The molecule has 0 amide bonds. The van der Waals surface area contributed by atoms with Crippen molar-refractivity contribution < 1.29 is 19.8 Å². The van der Waals surface area contributed by atoms with Crippen molar-refractivity contribution in [1.82, 2.24) is 4.90 Å². The summed E-state index contributed by atoms with van der Waals surface area (Å²) in [6.45, 7) is 5.49. The highest BCUT2D eigenvalue weighted by atomic mass is 16.4. The lowest BCUT2D eigenvalue weighted by molar-refractivity contribution is -0.134. The van der Waals surface area contributed by atoms with Crippen LogP contribution >= 0.6 is 0 Å². The molecule has 0 heterocycles. The summed E-state index contributed by atoms with van der Waals surface area (Å²) >= 11 is 0. The van der Waals surface area contributed by atoms with E-state index in [1.807, 2.05) is 0 Å². The van der Waals surface area contributed by atoms with Crippen LogP contribution in [0, 0.1) is 0 Å². The Kier molecular flexibility index (Phi) is 7.92. The van der Waals surface area contributed by atoms with E-state index < -0.39 is 11.9 Å². The molecule has 5 nitrogen and oxygen atoms in total. The zero-order valence-corrected chi connectivity index (χ0v) is 16.8. The number of carbonyl (C=O) groups is 2. The molecule has 2 aromatic rings. The van der Waals surface area contributed by atoms with Crippen LogP contribution < -0.4 is 0 Å². The van der Waals surface area contributed by atoms with E-state index in [-0.39, 0.29) is 0 Å². The number of hydrogen-bond donors (Lipinski definition) is 2. The first-order chi connectivity index (χ1) is 13.8. The largest absolute Gasteiger partial charge is 0.478 e. The van der Waals surface area contributed by atoms with E-state index in [0.29, 0.717) is 18.1 Å². The summed E-state index contributed by atoms with van der Waals surface area (Å²) in [5.41, 5.74) is 6.71. The molecule has 1 aliphatic carbocycles. The van der Waals surface area contributed by atoms with Gasteiger partial charge in [0.15, 0.2) is 0 Å². The van der Waals surface area contributed by atoms with Crippen LogP contribution in [0.5, 0.6) is 0 Å². The zero-order chi connectivity index (χ0) is 21.4. The normalized spacial score (nSPS) is 15.1. The SMILES string of the molecule is C=C1c2ccccc2CC(CCN(C)C)c2ccccc21.O=C(O)/C=C/C(=O)O. The second-order valence-corrected chi connectivity index (χ2v) is 7.23. The average molecular weight is 393 g/mol. The van der Waals surface area contributed by atoms with Gasteiger partial charge in [0.2, 0.25) is 0 Å². The molecule has 0 saturated carbocycles. The second kappa shape index (κ2) is 10.4. The van der Waals surface area contributed by atoms with Crippen LogP contribution in [0.1, 0.15) is 34.6 Å². The molecule has 2 N–H and O–H groups in total. The van der Waals surface area contributed by atoms with Crippen molar-refractivity contribution in [3.05, 3.63) is 89.5 Å². The summed E-state index contributed by atoms with van der Waals surface area (Å²) in [6, 6.07) is 17.5. The number of carboxylic acid groups (broad SMARTS) is 2. The third-order valence-electron chi connectivity index (χ3n) is 4.83. The van der Waals surface area contributed by atoms with Crippen LogP contribution in [0.15, 0.2) is 67.3 Å². The van der Waals surface area contributed by atoms with E-state index in [0.717, 1.165) is 13.0 Å². The standard InChI is InChI=1S/C20H23N.C4H4O4/c1-15-18-9-5-4-8-16(18)14-17(12-13-21(2)3)20-11-7-6-10-19(15)20;5-3(6)1-2-4(7)8/h4-11,17H,1,12-14H2,2-3H3;1-2H,(H,5,6)(H,7,8)/b;2-1+. The van der Waals surface area contributed by atoms with Crippen molar-refractivity contribution in [1.29, 1.82) is 0 Å². The van der Waals surface area contributed by atoms with Gasteiger partial charge in [0.1, 0.15) is 0 Å². The predicted molar refractivity (Wildman–Crippen MR) is 115 cm³/mol. The van der Waals surface area contributed by atoms with Crippen LogP contribution in [0.25, 0.3) is 5.57 Å². The van der Waals surface area contributed by atoms with Gasteiger partial charge in [-0.15, -0.1) is 0 Å². The molecular formula is C24H27NO4. The lowest BCUT2D eigenvalue weighted by Gasteiger charge is -2.20. The molecule has 152 valence electrons. The van der Waals surface area contributed by atoms with Crippen LogP contribution in [0.2, 0.25) is 0 Å². The van der Waals surface area contributed by atoms with Crippen LogP contribution in [-0.2, 0) is 16.0 Å². The Bertz CT molecular complexity index is 899. The Morgan fingerprint density at radius 1 is 1.00 bits per heavy atom. The predicted octanol–water partition coefficient (Wildman–Crippen LogP) is 4.05. The summed E-state index contributed by atoms with van der Waals surface area (Å²) in [6.07, 6.45) is 3.41. The van der Waals surface area contributed by atoms with Gasteiger partial charge in [-0.1, -0.05) is 55.1 Å². The number of fused-ring (bicyclic) bond motifs is 2. The fourth-order valence-electron chi connectivity index (χ4n) is 3.46. The highest BCUT2D eigenvalue weighted by Gasteiger charge is 2.23. The number of rotatable bonds is 5. The van der Waals surface area contributed by atoms with Crippen molar-refractivity contribution in [3.63, 3.8) is 0 Å². The lowest BCUT2D eigenvalue weighted by atomic mass is 9.88. The van der Waals surface area contributed by atoms with E-state index in [1.165, 1.54) is 34.2 Å². The minimum absolute atomic E-state index is 0.558. The Labute approximate surface area is 171 Å². The highest BCUT2D eigenvalue weighted by Crippen LogP contribution is 2.38. The maximum absolute atomic E-state index is 9.55. The fraction of sp³-hybridized carbons (Fsp3) is 0.250. The maximum Gasteiger partial charge on any atom is 0.328 e. The number of aliphatic carboxylic acids is 2. The first kappa shape index (κ1) is 22.1. The monoisotopic (exact) mass is 393 g/mol. The van der Waals surface area contributed by atoms with E-state index in [2.05, 4.69) is 74.1 Å². The molecule has 0 spiro atoms. The lowest BCUT2D eigenvalue weighted by Crippen LogP contribution is -2.17. The van der Waals surface area contributed by atoms with Crippen LogP contribution in [0.3, 0.4) is 0 Å². The molecule has 0 fully saturated rings. The Balaban J connectivity index is 0.000000321. The van der Waals surface area contributed by atoms with Gasteiger partial charge in [0.25, 0.3) is 0 Å².